The van der Waals surface area contributed by atoms with E-state index in [1.807, 2.05) is 0 Å². The highest BCUT2D eigenvalue weighted by atomic mass is 35.5. The normalized spacial score (nSPS) is 10.5. The van der Waals surface area contributed by atoms with E-state index in [-0.39, 0.29) is 16.4 Å². The highest BCUT2D eigenvalue weighted by molar-refractivity contribution is 6.31. The zero-order valence-corrected chi connectivity index (χ0v) is 13.8. The van der Waals surface area contributed by atoms with Crippen LogP contribution in [0.2, 0.25) is 5.02 Å². The second kappa shape index (κ2) is 7.45. The Bertz CT molecular complexity index is 944. The summed E-state index contributed by atoms with van der Waals surface area (Å²) in [6.07, 6.45) is 1.26. The monoisotopic (exact) mass is 377 g/mol. The van der Waals surface area contributed by atoms with E-state index >= 15 is 0 Å². The maximum absolute atomic E-state index is 13.6. The minimum absolute atomic E-state index is 0.0602. The molecule has 3 rings (SSSR count). The fourth-order valence-electron chi connectivity index (χ4n) is 2.13. The van der Waals surface area contributed by atoms with E-state index in [9.17, 15) is 18.0 Å². The molecular formula is C18H11ClF3N3O. The van der Waals surface area contributed by atoms with E-state index in [0.717, 1.165) is 18.2 Å². The molecule has 0 radical (unpaired) electrons. The molecule has 3 aromatic rings. The standard InChI is InChI=1S/C18H11ClF3N3O/c19-12-8-10(4-6-13(12)20)25-18(26)16-7-5-11(9-23-16)24-17-14(21)2-1-3-15(17)22/h1-9,24H,(H,25,26). The highest BCUT2D eigenvalue weighted by Crippen LogP contribution is 2.23. The Hall–Kier alpha value is -3.06. The molecule has 2 N–H and O–H groups in total. The van der Waals surface area contributed by atoms with E-state index in [2.05, 4.69) is 15.6 Å². The molecule has 0 saturated heterocycles. The lowest BCUT2D eigenvalue weighted by Crippen LogP contribution is -2.13. The van der Waals surface area contributed by atoms with Crippen molar-refractivity contribution in [2.45, 2.75) is 0 Å². The van der Waals surface area contributed by atoms with Crippen molar-refractivity contribution in [1.29, 1.82) is 0 Å². The number of rotatable bonds is 4. The van der Waals surface area contributed by atoms with Crippen molar-refractivity contribution in [1.82, 2.24) is 4.98 Å². The smallest absolute Gasteiger partial charge is 0.274 e. The molecular weight excluding hydrogens is 367 g/mol. The van der Waals surface area contributed by atoms with Gasteiger partial charge in [-0.1, -0.05) is 17.7 Å². The van der Waals surface area contributed by atoms with Gasteiger partial charge in [-0.15, -0.1) is 0 Å². The fourth-order valence-corrected chi connectivity index (χ4v) is 2.31. The van der Waals surface area contributed by atoms with Crippen LogP contribution in [0.3, 0.4) is 0 Å². The molecule has 1 amide bonds. The summed E-state index contributed by atoms with van der Waals surface area (Å²) in [6, 6.07) is 10.1. The predicted octanol–water partition coefficient (Wildman–Crippen LogP) is 5.15. The Morgan fingerprint density at radius 3 is 2.23 bits per heavy atom. The average Bonchev–Trinajstić information content (AvgIpc) is 2.62. The van der Waals surface area contributed by atoms with Gasteiger partial charge in [-0.2, -0.15) is 0 Å². The second-order valence-corrected chi connectivity index (χ2v) is 5.64. The van der Waals surface area contributed by atoms with Gasteiger partial charge in [-0.3, -0.25) is 4.79 Å². The number of anilines is 3. The number of para-hydroxylation sites is 1. The molecule has 0 atom stereocenters. The van der Waals surface area contributed by atoms with E-state index < -0.39 is 23.4 Å². The van der Waals surface area contributed by atoms with Crippen LogP contribution >= 0.6 is 11.6 Å². The van der Waals surface area contributed by atoms with Gasteiger partial charge in [0.15, 0.2) is 0 Å². The highest BCUT2D eigenvalue weighted by Gasteiger charge is 2.11. The van der Waals surface area contributed by atoms with Crippen molar-refractivity contribution in [3.8, 4) is 0 Å². The van der Waals surface area contributed by atoms with Crippen molar-refractivity contribution in [3.63, 3.8) is 0 Å². The van der Waals surface area contributed by atoms with Crippen LogP contribution in [0.15, 0.2) is 54.7 Å². The maximum atomic E-state index is 13.6. The molecule has 0 spiro atoms. The Morgan fingerprint density at radius 2 is 1.62 bits per heavy atom. The zero-order chi connectivity index (χ0) is 18.7. The molecule has 4 nitrogen and oxygen atoms in total. The number of pyridine rings is 1. The second-order valence-electron chi connectivity index (χ2n) is 5.24. The summed E-state index contributed by atoms with van der Waals surface area (Å²) in [5, 5.41) is 4.96. The number of hydrogen-bond donors (Lipinski definition) is 2. The number of carbonyl (C=O) groups excluding carboxylic acids is 1. The number of hydrogen-bond acceptors (Lipinski definition) is 3. The first-order valence-electron chi connectivity index (χ1n) is 7.37. The average molecular weight is 378 g/mol. The first-order chi connectivity index (χ1) is 12.4. The van der Waals surface area contributed by atoms with Crippen LogP contribution in [-0.4, -0.2) is 10.9 Å². The molecule has 0 fully saturated rings. The number of benzene rings is 2. The van der Waals surface area contributed by atoms with Crippen molar-refractivity contribution in [2.24, 2.45) is 0 Å². The van der Waals surface area contributed by atoms with Crippen LogP contribution in [0.5, 0.6) is 0 Å². The minimum atomic E-state index is -0.750. The predicted molar refractivity (Wildman–Crippen MR) is 93.2 cm³/mol. The third-order valence-corrected chi connectivity index (χ3v) is 3.70. The van der Waals surface area contributed by atoms with Gasteiger partial charge in [-0.25, -0.2) is 18.2 Å². The number of amides is 1. The van der Waals surface area contributed by atoms with Crippen LogP contribution in [0.4, 0.5) is 30.2 Å². The summed E-state index contributed by atoms with van der Waals surface area (Å²) in [5.41, 5.74) is 0.353. The molecule has 2 aromatic carbocycles. The number of nitrogens with one attached hydrogen (secondary N) is 2. The van der Waals surface area contributed by atoms with E-state index in [1.165, 1.54) is 36.5 Å². The van der Waals surface area contributed by atoms with Crippen molar-refractivity contribution < 1.29 is 18.0 Å². The van der Waals surface area contributed by atoms with E-state index in [1.54, 1.807) is 0 Å². The molecule has 0 aliphatic carbocycles. The molecule has 0 saturated carbocycles. The van der Waals surface area contributed by atoms with Gasteiger partial charge in [0, 0.05) is 5.69 Å². The van der Waals surface area contributed by atoms with Crippen LogP contribution in [0.1, 0.15) is 10.5 Å². The molecule has 132 valence electrons. The topological polar surface area (TPSA) is 54.0 Å². The van der Waals surface area contributed by atoms with Crippen molar-refractivity contribution >= 4 is 34.6 Å². The lowest BCUT2D eigenvalue weighted by Gasteiger charge is -2.09. The number of halogens is 4. The van der Waals surface area contributed by atoms with Gasteiger partial charge in [0.05, 0.1) is 16.9 Å². The van der Waals surface area contributed by atoms with Crippen LogP contribution in [0.25, 0.3) is 0 Å². The first kappa shape index (κ1) is 17.8. The largest absolute Gasteiger partial charge is 0.349 e. The third-order valence-electron chi connectivity index (χ3n) is 3.41. The number of carbonyl (C=O) groups is 1. The van der Waals surface area contributed by atoms with Crippen LogP contribution in [-0.2, 0) is 0 Å². The number of nitrogens with zero attached hydrogens (tertiary/aromatic N) is 1. The summed E-state index contributed by atoms with van der Waals surface area (Å²) in [6.45, 7) is 0. The first-order valence-corrected chi connectivity index (χ1v) is 7.75. The van der Waals surface area contributed by atoms with Gasteiger partial charge in [0.25, 0.3) is 5.91 Å². The molecule has 1 heterocycles. The summed E-state index contributed by atoms with van der Waals surface area (Å²) in [5.74, 6) is -2.64. The Labute approximate surface area is 151 Å². The summed E-state index contributed by atoms with van der Waals surface area (Å²) in [4.78, 5) is 16.1. The Morgan fingerprint density at radius 1 is 0.923 bits per heavy atom. The van der Waals surface area contributed by atoms with Crippen molar-refractivity contribution in [3.05, 3.63) is 82.9 Å². The summed E-state index contributed by atoms with van der Waals surface area (Å²) < 4.78 is 40.4. The minimum Gasteiger partial charge on any atom is -0.349 e. The van der Waals surface area contributed by atoms with Gasteiger partial charge in [0.2, 0.25) is 0 Å². The summed E-state index contributed by atoms with van der Waals surface area (Å²) in [7, 11) is 0. The van der Waals surface area contributed by atoms with Crippen LogP contribution in [0, 0.1) is 17.5 Å². The molecule has 8 heteroatoms. The van der Waals surface area contributed by atoms with E-state index in [4.69, 9.17) is 11.6 Å². The summed E-state index contributed by atoms with van der Waals surface area (Å²) >= 11 is 5.66. The SMILES string of the molecule is O=C(Nc1ccc(F)c(Cl)c1)c1ccc(Nc2c(F)cccc2F)cn1. The molecule has 0 aliphatic rings. The van der Waals surface area contributed by atoms with Gasteiger partial charge in [0.1, 0.15) is 28.8 Å². The van der Waals surface area contributed by atoms with Crippen molar-refractivity contribution in [2.75, 3.05) is 10.6 Å². The molecule has 0 unspecified atom stereocenters. The zero-order valence-electron chi connectivity index (χ0n) is 13.1. The molecule has 0 aliphatic heterocycles. The van der Waals surface area contributed by atoms with Gasteiger partial charge < -0.3 is 10.6 Å². The fraction of sp³-hybridized carbons (Fsp3) is 0. The quantitative estimate of drug-likeness (QED) is 0.661. The Balaban J connectivity index is 1.72. The van der Waals surface area contributed by atoms with Gasteiger partial charge in [-0.05, 0) is 42.5 Å². The lowest BCUT2D eigenvalue weighted by atomic mass is 10.2. The van der Waals surface area contributed by atoms with Gasteiger partial charge >= 0.3 is 0 Å². The molecule has 26 heavy (non-hydrogen) atoms. The maximum Gasteiger partial charge on any atom is 0.274 e. The number of aromatic nitrogens is 1. The lowest BCUT2D eigenvalue weighted by molar-refractivity contribution is 0.102. The third kappa shape index (κ3) is 3.94. The molecule has 1 aromatic heterocycles. The Kier molecular flexibility index (Phi) is 5.09. The van der Waals surface area contributed by atoms with E-state index in [0.29, 0.717) is 11.4 Å². The van der Waals surface area contributed by atoms with Crippen LogP contribution < -0.4 is 10.6 Å². The molecule has 0 bridgehead atoms.